The zero-order chi connectivity index (χ0) is 13.8. The van der Waals surface area contributed by atoms with Gasteiger partial charge < -0.3 is 14.6 Å². The summed E-state index contributed by atoms with van der Waals surface area (Å²) in [6, 6.07) is 2.11. The van der Waals surface area contributed by atoms with Gasteiger partial charge in [0, 0.05) is 18.7 Å². The van der Waals surface area contributed by atoms with Crippen LogP contribution in [0.5, 0.6) is 0 Å². The number of hydrogen-bond donors (Lipinski definition) is 1. The molecule has 0 radical (unpaired) electrons. The van der Waals surface area contributed by atoms with Crippen LogP contribution in [0.15, 0.2) is 16.7 Å². The van der Waals surface area contributed by atoms with Gasteiger partial charge in [-0.3, -0.25) is 0 Å². The van der Waals surface area contributed by atoms with Crippen LogP contribution in [0.25, 0.3) is 0 Å². The molecule has 1 aromatic rings. The zero-order valence-electron chi connectivity index (χ0n) is 12.8. The molecular formula is C16H28N2O. The second kappa shape index (κ2) is 6.58. The number of nitrogens with zero attached hydrogens (tertiary/aromatic N) is 1. The number of rotatable bonds is 8. The van der Waals surface area contributed by atoms with Gasteiger partial charge in [0.25, 0.3) is 0 Å². The van der Waals surface area contributed by atoms with Crippen molar-refractivity contribution in [1.82, 2.24) is 10.2 Å². The Hall–Kier alpha value is -0.800. The molecule has 2 unspecified atom stereocenters. The molecule has 2 rings (SSSR count). The molecule has 0 spiro atoms. The summed E-state index contributed by atoms with van der Waals surface area (Å²) < 4.78 is 5.60. The predicted molar refractivity (Wildman–Crippen MR) is 78.9 cm³/mol. The van der Waals surface area contributed by atoms with E-state index in [1.54, 1.807) is 0 Å². The summed E-state index contributed by atoms with van der Waals surface area (Å²) in [4.78, 5) is 2.42. The molecule has 1 aliphatic rings. The average molecular weight is 264 g/mol. The van der Waals surface area contributed by atoms with E-state index in [0.29, 0.717) is 5.92 Å². The van der Waals surface area contributed by atoms with Gasteiger partial charge in [-0.25, -0.2) is 0 Å². The van der Waals surface area contributed by atoms with Crippen LogP contribution in [-0.4, -0.2) is 25.0 Å². The van der Waals surface area contributed by atoms with Crippen molar-refractivity contribution in [3.63, 3.8) is 0 Å². The Labute approximate surface area is 117 Å². The normalized spacial score (nSPS) is 22.4. The third-order valence-corrected chi connectivity index (χ3v) is 3.94. The van der Waals surface area contributed by atoms with Crippen LogP contribution in [0.3, 0.4) is 0 Å². The van der Waals surface area contributed by atoms with Crippen molar-refractivity contribution in [2.45, 2.75) is 40.3 Å². The first kappa shape index (κ1) is 14.6. The summed E-state index contributed by atoms with van der Waals surface area (Å²) in [5.41, 5.74) is 1.33. The van der Waals surface area contributed by atoms with Crippen LogP contribution in [0, 0.1) is 17.8 Å². The van der Waals surface area contributed by atoms with Crippen LogP contribution in [-0.2, 0) is 13.1 Å². The molecule has 3 heteroatoms. The van der Waals surface area contributed by atoms with E-state index in [9.17, 15) is 0 Å². The zero-order valence-corrected chi connectivity index (χ0v) is 12.8. The van der Waals surface area contributed by atoms with Crippen LogP contribution in [0.4, 0.5) is 0 Å². The molecule has 2 atom stereocenters. The lowest BCUT2D eigenvalue weighted by atomic mass is 10.2. The summed E-state index contributed by atoms with van der Waals surface area (Å²) >= 11 is 0. The van der Waals surface area contributed by atoms with E-state index in [4.69, 9.17) is 4.42 Å². The summed E-state index contributed by atoms with van der Waals surface area (Å²) in [7, 11) is 2.21. The maximum absolute atomic E-state index is 5.60. The summed E-state index contributed by atoms with van der Waals surface area (Å²) in [6.45, 7) is 10.9. The first-order valence-corrected chi connectivity index (χ1v) is 7.50. The van der Waals surface area contributed by atoms with Gasteiger partial charge in [0.15, 0.2) is 0 Å². The maximum Gasteiger partial charge on any atom is 0.122 e. The predicted octanol–water partition coefficient (Wildman–Crippen LogP) is 3.11. The molecule has 108 valence electrons. The van der Waals surface area contributed by atoms with E-state index in [0.717, 1.165) is 37.2 Å². The Kier molecular flexibility index (Phi) is 5.06. The molecule has 0 bridgehead atoms. The minimum atomic E-state index is 0.678. The topological polar surface area (TPSA) is 28.4 Å². The molecule has 1 heterocycles. The highest BCUT2D eigenvalue weighted by molar-refractivity contribution is 5.16. The van der Waals surface area contributed by atoms with Gasteiger partial charge in [0.2, 0.25) is 0 Å². The number of nitrogens with one attached hydrogen (secondary N) is 1. The third-order valence-electron chi connectivity index (χ3n) is 3.94. The minimum absolute atomic E-state index is 0.678. The maximum atomic E-state index is 5.60. The van der Waals surface area contributed by atoms with Gasteiger partial charge in [0.1, 0.15) is 5.76 Å². The SMILES string of the molecule is CC(C)CNCc1occc1CN(C)CC1CC1C. The van der Waals surface area contributed by atoms with E-state index >= 15 is 0 Å². The van der Waals surface area contributed by atoms with E-state index in [2.05, 4.69) is 44.1 Å². The molecule has 1 aliphatic carbocycles. The molecule has 1 fully saturated rings. The van der Waals surface area contributed by atoms with Crippen molar-refractivity contribution in [2.24, 2.45) is 17.8 Å². The van der Waals surface area contributed by atoms with Gasteiger partial charge in [-0.1, -0.05) is 20.8 Å². The summed E-state index contributed by atoms with van der Waals surface area (Å²) in [6.07, 6.45) is 3.22. The molecule has 1 aromatic heterocycles. The van der Waals surface area contributed by atoms with Crippen molar-refractivity contribution < 1.29 is 4.42 Å². The van der Waals surface area contributed by atoms with Gasteiger partial charge in [0.05, 0.1) is 12.8 Å². The molecule has 3 nitrogen and oxygen atoms in total. The highest BCUT2D eigenvalue weighted by Crippen LogP contribution is 2.38. The Morgan fingerprint density at radius 2 is 2.21 bits per heavy atom. The Morgan fingerprint density at radius 3 is 2.84 bits per heavy atom. The largest absolute Gasteiger partial charge is 0.468 e. The Morgan fingerprint density at radius 1 is 1.47 bits per heavy atom. The van der Waals surface area contributed by atoms with Crippen molar-refractivity contribution >= 4 is 0 Å². The first-order valence-electron chi connectivity index (χ1n) is 7.50. The van der Waals surface area contributed by atoms with Crippen LogP contribution >= 0.6 is 0 Å². The van der Waals surface area contributed by atoms with Crippen molar-refractivity contribution in [3.8, 4) is 0 Å². The van der Waals surface area contributed by atoms with Crippen LogP contribution < -0.4 is 5.32 Å². The monoisotopic (exact) mass is 264 g/mol. The third kappa shape index (κ3) is 4.66. The first-order chi connectivity index (χ1) is 9.06. The van der Waals surface area contributed by atoms with E-state index in [1.165, 1.54) is 18.5 Å². The van der Waals surface area contributed by atoms with Crippen molar-refractivity contribution in [3.05, 3.63) is 23.7 Å². The summed E-state index contributed by atoms with van der Waals surface area (Å²) in [5.74, 6) is 3.62. The van der Waals surface area contributed by atoms with Crippen LogP contribution in [0.1, 0.15) is 38.5 Å². The Balaban J connectivity index is 1.77. The second-order valence-corrected chi connectivity index (χ2v) is 6.56. The molecule has 0 aliphatic heterocycles. The molecule has 19 heavy (non-hydrogen) atoms. The fourth-order valence-corrected chi connectivity index (χ4v) is 2.55. The van der Waals surface area contributed by atoms with Gasteiger partial charge in [-0.05, 0) is 43.8 Å². The number of hydrogen-bond acceptors (Lipinski definition) is 3. The highest BCUT2D eigenvalue weighted by atomic mass is 16.3. The van der Waals surface area contributed by atoms with Gasteiger partial charge in [-0.2, -0.15) is 0 Å². The molecule has 0 saturated heterocycles. The quantitative estimate of drug-likeness (QED) is 0.782. The second-order valence-electron chi connectivity index (χ2n) is 6.56. The standard InChI is InChI=1S/C16H28N2O/c1-12(2)8-17-9-16-14(5-6-19-16)10-18(4)11-15-7-13(15)3/h5-6,12-13,15,17H,7-11H2,1-4H3. The Bertz CT molecular complexity index is 386. The lowest BCUT2D eigenvalue weighted by molar-refractivity contribution is 0.304. The van der Waals surface area contributed by atoms with Gasteiger partial charge in [-0.15, -0.1) is 0 Å². The fraction of sp³-hybridized carbons (Fsp3) is 0.750. The van der Waals surface area contributed by atoms with Crippen molar-refractivity contribution in [2.75, 3.05) is 20.1 Å². The lowest BCUT2D eigenvalue weighted by Gasteiger charge is -2.16. The molecular weight excluding hydrogens is 236 g/mol. The molecule has 0 amide bonds. The average Bonchev–Trinajstić information content (AvgIpc) is 2.84. The summed E-state index contributed by atoms with van der Waals surface area (Å²) in [5, 5.41) is 3.45. The van der Waals surface area contributed by atoms with Gasteiger partial charge >= 0.3 is 0 Å². The lowest BCUT2D eigenvalue weighted by Crippen LogP contribution is -2.23. The number of furan rings is 1. The molecule has 0 aromatic carbocycles. The van der Waals surface area contributed by atoms with E-state index < -0.39 is 0 Å². The molecule has 1 N–H and O–H groups in total. The highest BCUT2D eigenvalue weighted by Gasteiger charge is 2.33. The molecule has 1 saturated carbocycles. The van der Waals surface area contributed by atoms with E-state index in [-0.39, 0.29) is 0 Å². The van der Waals surface area contributed by atoms with Crippen molar-refractivity contribution in [1.29, 1.82) is 0 Å². The minimum Gasteiger partial charge on any atom is -0.468 e. The smallest absolute Gasteiger partial charge is 0.122 e. The van der Waals surface area contributed by atoms with E-state index in [1.807, 2.05) is 6.26 Å². The van der Waals surface area contributed by atoms with Crippen LogP contribution in [0.2, 0.25) is 0 Å². The fourth-order valence-electron chi connectivity index (χ4n) is 2.55.